The number of nitrogens with zero attached hydrogens (tertiary/aromatic N) is 1. The highest BCUT2D eigenvalue weighted by Crippen LogP contribution is 2.39. The maximum atomic E-state index is 13.4. The number of methoxy groups -OCH3 is 2. The largest absolute Gasteiger partial charge is 0.493 e. The van der Waals surface area contributed by atoms with Gasteiger partial charge in [0.15, 0.2) is 16.4 Å². The fourth-order valence-corrected chi connectivity index (χ4v) is 5.77. The number of anilines is 2. The van der Waals surface area contributed by atoms with Gasteiger partial charge in [-0.2, -0.15) is 0 Å². The van der Waals surface area contributed by atoms with Gasteiger partial charge in [-0.3, -0.25) is 9.10 Å². The van der Waals surface area contributed by atoms with Crippen molar-refractivity contribution in [2.24, 2.45) is 0 Å². The Labute approximate surface area is 188 Å². The van der Waals surface area contributed by atoms with Crippen molar-refractivity contribution in [3.8, 4) is 11.5 Å². The van der Waals surface area contributed by atoms with Gasteiger partial charge in [-0.05, 0) is 41.3 Å². The summed E-state index contributed by atoms with van der Waals surface area (Å²) in [6, 6.07) is 12.1. The molecule has 1 N–H and O–H groups in total. The van der Waals surface area contributed by atoms with Crippen LogP contribution in [0.15, 0.2) is 65.0 Å². The molecule has 0 radical (unpaired) electrons. The number of allylic oxidation sites excluding steroid dienone is 1. The second kappa shape index (κ2) is 8.64. The van der Waals surface area contributed by atoms with Gasteiger partial charge in [-0.1, -0.05) is 12.1 Å². The Morgan fingerprint density at radius 2 is 1.78 bits per heavy atom. The number of ketones is 1. The van der Waals surface area contributed by atoms with E-state index in [0.29, 0.717) is 33.3 Å². The molecule has 0 aliphatic carbocycles. The molecule has 3 aromatic rings. The van der Waals surface area contributed by atoms with Gasteiger partial charge < -0.3 is 14.8 Å². The lowest BCUT2D eigenvalue weighted by Crippen LogP contribution is -2.38. The van der Waals surface area contributed by atoms with Crippen LogP contribution in [0.2, 0.25) is 0 Å². The Bertz CT molecular complexity index is 1300. The monoisotopic (exact) mass is 474 g/mol. The van der Waals surface area contributed by atoms with Gasteiger partial charge in [-0.25, -0.2) is 12.8 Å². The van der Waals surface area contributed by atoms with Gasteiger partial charge in [0.2, 0.25) is 5.78 Å². The van der Waals surface area contributed by atoms with Crippen molar-refractivity contribution in [1.29, 1.82) is 0 Å². The predicted molar refractivity (Wildman–Crippen MR) is 121 cm³/mol. The van der Waals surface area contributed by atoms with Crippen LogP contribution < -0.4 is 19.1 Å². The molecule has 0 saturated carbocycles. The Morgan fingerprint density at radius 1 is 1.06 bits per heavy atom. The first-order valence-corrected chi connectivity index (χ1v) is 11.7. The lowest BCUT2D eigenvalue weighted by Gasteiger charge is -2.29. The SMILES string of the molecule is COc1ccc(NC=C2C(=O)c3sccc3N(Cc3ccc(F)cc3)S2(=O)=O)cc1OC. The van der Waals surface area contributed by atoms with E-state index in [9.17, 15) is 17.6 Å². The molecule has 10 heteroatoms. The molecule has 1 aliphatic rings. The van der Waals surface area contributed by atoms with Crippen LogP contribution in [0.3, 0.4) is 0 Å². The molecule has 0 atom stereocenters. The molecule has 0 amide bonds. The first-order chi connectivity index (χ1) is 15.3. The number of nitrogens with one attached hydrogen (secondary N) is 1. The molecule has 0 bridgehead atoms. The Morgan fingerprint density at radius 3 is 2.47 bits per heavy atom. The van der Waals surface area contributed by atoms with Crippen LogP contribution in [0.1, 0.15) is 15.2 Å². The third-order valence-electron chi connectivity index (χ3n) is 4.90. The second-order valence-electron chi connectivity index (χ2n) is 6.82. The van der Waals surface area contributed by atoms with Crippen LogP contribution in [0.5, 0.6) is 11.5 Å². The normalized spacial score (nSPS) is 16.0. The molecule has 0 spiro atoms. The fraction of sp³-hybridized carbons (Fsp3) is 0.136. The third kappa shape index (κ3) is 3.94. The number of Topliss-reactive ketones (excluding diaryl/α,β-unsaturated/α-hetero) is 1. The summed E-state index contributed by atoms with van der Waals surface area (Å²) >= 11 is 1.17. The summed E-state index contributed by atoms with van der Waals surface area (Å²) in [6.45, 7) is -0.0344. The summed E-state index contributed by atoms with van der Waals surface area (Å²) in [4.78, 5) is 12.9. The fourth-order valence-electron chi connectivity index (χ4n) is 3.29. The van der Waals surface area contributed by atoms with Crippen LogP contribution in [0.4, 0.5) is 15.8 Å². The van der Waals surface area contributed by atoms with Crippen molar-refractivity contribution < 1.29 is 27.1 Å². The standard InChI is InChI=1S/C22H19FN2O5S2/c1-29-18-8-7-16(11-19(18)30-2)24-12-20-21(26)22-17(9-10-31-22)25(32(20,27)28)13-14-3-5-15(23)6-4-14/h3-12,24H,13H2,1-2H3. The maximum absolute atomic E-state index is 13.4. The summed E-state index contributed by atoms with van der Waals surface area (Å²) in [7, 11) is -1.17. The first-order valence-electron chi connectivity index (χ1n) is 9.43. The minimum Gasteiger partial charge on any atom is -0.493 e. The molecule has 7 nitrogen and oxygen atoms in total. The molecule has 1 aliphatic heterocycles. The lowest BCUT2D eigenvalue weighted by molar-refractivity contribution is 0.104. The smallest absolute Gasteiger partial charge is 0.270 e. The van der Waals surface area contributed by atoms with Gasteiger partial charge in [0.05, 0.1) is 26.5 Å². The molecule has 4 rings (SSSR count). The number of ether oxygens (including phenoxy) is 2. The topological polar surface area (TPSA) is 84.9 Å². The number of sulfonamides is 1. The van der Waals surface area contributed by atoms with E-state index in [0.717, 1.165) is 4.31 Å². The highest BCUT2D eigenvalue weighted by molar-refractivity contribution is 7.97. The number of carbonyl (C=O) groups is 1. The number of rotatable bonds is 6. The Kier molecular flexibility index (Phi) is 5.90. The zero-order valence-corrected chi connectivity index (χ0v) is 18.8. The number of thiophene rings is 1. The summed E-state index contributed by atoms with van der Waals surface area (Å²) in [5.74, 6) is -0.0346. The predicted octanol–water partition coefficient (Wildman–Crippen LogP) is 4.39. The van der Waals surface area contributed by atoms with Crippen molar-refractivity contribution in [1.82, 2.24) is 0 Å². The Balaban J connectivity index is 1.71. The van der Waals surface area contributed by atoms with Crippen molar-refractivity contribution in [3.63, 3.8) is 0 Å². The molecule has 2 heterocycles. The maximum Gasteiger partial charge on any atom is 0.270 e. The highest BCUT2D eigenvalue weighted by atomic mass is 32.2. The van der Waals surface area contributed by atoms with E-state index in [1.165, 1.54) is 56.0 Å². The van der Waals surface area contributed by atoms with Gasteiger partial charge in [0.25, 0.3) is 10.0 Å². The van der Waals surface area contributed by atoms with Crippen molar-refractivity contribution in [3.05, 3.63) is 81.3 Å². The number of hydrogen-bond donors (Lipinski definition) is 1. The Hall–Kier alpha value is -3.37. The number of hydrogen-bond acceptors (Lipinski definition) is 7. The third-order valence-corrected chi connectivity index (χ3v) is 7.57. The van der Waals surface area contributed by atoms with Crippen molar-refractivity contribution in [2.45, 2.75) is 6.54 Å². The summed E-state index contributed by atoms with van der Waals surface area (Å²) in [5, 5.41) is 4.54. The molecule has 0 fully saturated rings. The molecule has 0 saturated heterocycles. The van der Waals surface area contributed by atoms with E-state index in [4.69, 9.17) is 9.47 Å². The minimum absolute atomic E-state index is 0.0344. The highest BCUT2D eigenvalue weighted by Gasteiger charge is 2.41. The van der Waals surface area contributed by atoms with E-state index >= 15 is 0 Å². The average Bonchev–Trinajstić information content (AvgIpc) is 3.27. The van der Waals surface area contributed by atoms with Crippen LogP contribution >= 0.6 is 11.3 Å². The molecule has 166 valence electrons. The zero-order chi connectivity index (χ0) is 22.9. The van der Waals surface area contributed by atoms with Crippen LogP contribution in [0.25, 0.3) is 0 Å². The summed E-state index contributed by atoms with van der Waals surface area (Å²) in [5.41, 5.74) is 1.42. The number of halogens is 1. The van der Waals surface area contributed by atoms with E-state index in [1.54, 1.807) is 29.6 Å². The van der Waals surface area contributed by atoms with Gasteiger partial charge in [0.1, 0.15) is 10.7 Å². The van der Waals surface area contributed by atoms with Gasteiger partial charge >= 0.3 is 0 Å². The minimum atomic E-state index is -4.16. The van der Waals surface area contributed by atoms with Crippen LogP contribution in [-0.2, 0) is 16.6 Å². The second-order valence-corrected chi connectivity index (χ2v) is 9.57. The number of carbonyl (C=O) groups excluding carboxylic acids is 1. The number of benzene rings is 2. The van der Waals surface area contributed by atoms with Crippen LogP contribution in [-0.4, -0.2) is 28.4 Å². The van der Waals surface area contributed by atoms with Gasteiger partial charge in [0, 0.05) is 18.0 Å². The lowest BCUT2D eigenvalue weighted by atomic mass is 10.2. The molecule has 1 aromatic heterocycles. The number of fused-ring (bicyclic) bond motifs is 1. The van der Waals surface area contributed by atoms with E-state index in [1.807, 2.05) is 0 Å². The van der Waals surface area contributed by atoms with Crippen molar-refractivity contribution in [2.75, 3.05) is 23.8 Å². The molecule has 32 heavy (non-hydrogen) atoms. The summed E-state index contributed by atoms with van der Waals surface area (Å²) < 4.78 is 51.7. The molecular weight excluding hydrogens is 455 g/mol. The van der Waals surface area contributed by atoms with E-state index < -0.39 is 21.6 Å². The van der Waals surface area contributed by atoms with Crippen molar-refractivity contribution >= 4 is 38.5 Å². The van der Waals surface area contributed by atoms with Gasteiger partial charge in [-0.15, -0.1) is 11.3 Å². The quantitative estimate of drug-likeness (QED) is 0.534. The summed E-state index contributed by atoms with van der Waals surface area (Å²) in [6.07, 6.45) is 1.18. The van der Waals surface area contributed by atoms with E-state index in [-0.39, 0.29) is 11.4 Å². The van der Waals surface area contributed by atoms with E-state index in [2.05, 4.69) is 5.32 Å². The molecular formula is C22H19FN2O5S2. The molecule has 0 unspecified atom stereocenters. The zero-order valence-electron chi connectivity index (χ0n) is 17.2. The van der Waals surface area contributed by atoms with Crippen LogP contribution in [0, 0.1) is 5.82 Å². The molecule has 2 aromatic carbocycles. The average molecular weight is 475 g/mol. The first kappa shape index (κ1) is 21.8.